The van der Waals surface area contributed by atoms with E-state index >= 15 is 0 Å². The zero-order chi connectivity index (χ0) is 18.2. The van der Waals surface area contributed by atoms with Gasteiger partial charge in [0.25, 0.3) is 0 Å². The van der Waals surface area contributed by atoms with Crippen LogP contribution in [0.25, 0.3) is 0 Å². The first-order valence-corrected chi connectivity index (χ1v) is 9.00. The van der Waals surface area contributed by atoms with E-state index < -0.39 is 0 Å². The molecule has 138 valence electrons. The van der Waals surface area contributed by atoms with Gasteiger partial charge in [0.05, 0.1) is 6.61 Å². The van der Waals surface area contributed by atoms with Crippen LogP contribution in [0, 0.1) is 11.7 Å². The molecule has 1 aliphatic carbocycles. The number of nitrogens with one attached hydrogen (secondary N) is 2. The summed E-state index contributed by atoms with van der Waals surface area (Å²) in [6, 6.07) is 10.7. The van der Waals surface area contributed by atoms with E-state index in [1.54, 1.807) is 25.4 Å². The summed E-state index contributed by atoms with van der Waals surface area (Å²) in [6.07, 6.45) is 4.88. The molecule has 0 aliphatic heterocycles. The molecule has 0 unspecified atom stereocenters. The molecule has 0 bridgehead atoms. The second-order valence-corrected chi connectivity index (χ2v) is 6.45. The molecule has 6 heteroatoms. The third-order valence-corrected chi connectivity index (χ3v) is 4.29. The number of nitrogens with zero attached hydrogens (tertiary/aromatic N) is 2. The van der Waals surface area contributed by atoms with E-state index in [2.05, 4.69) is 20.6 Å². The van der Waals surface area contributed by atoms with Crippen LogP contribution >= 0.6 is 0 Å². The third-order valence-electron chi connectivity index (χ3n) is 4.29. The Morgan fingerprint density at radius 2 is 2.12 bits per heavy atom. The van der Waals surface area contributed by atoms with Crippen LogP contribution in [0.15, 0.2) is 47.6 Å². The van der Waals surface area contributed by atoms with Crippen molar-refractivity contribution in [2.75, 3.05) is 20.2 Å². The molecule has 1 heterocycles. The van der Waals surface area contributed by atoms with Crippen LogP contribution in [0.4, 0.5) is 4.39 Å². The zero-order valence-electron chi connectivity index (χ0n) is 15.0. The van der Waals surface area contributed by atoms with Gasteiger partial charge in [-0.3, -0.25) is 4.99 Å². The molecule has 1 aromatic heterocycles. The SMILES string of the molecule is CN=C(NCCc1ccccc1F)NCc1ccnc(OCC2CC2)c1. The molecule has 1 aromatic carbocycles. The molecule has 0 amide bonds. The molecule has 1 fully saturated rings. The Labute approximate surface area is 153 Å². The molecule has 2 aromatic rings. The highest BCUT2D eigenvalue weighted by atomic mass is 19.1. The third kappa shape index (κ3) is 5.72. The molecule has 3 rings (SSSR count). The number of aromatic nitrogens is 1. The van der Waals surface area contributed by atoms with Crippen molar-refractivity contribution in [2.45, 2.75) is 25.8 Å². The molecule has 0 saturated heterocycles. The van der Waals surface area contributed by atoms with Crippen molar-refractivity contribution in [1.29, 1.82) is 0 Å². The molecular formula is C20H25FN4O. The molecule has 0 atom stereocenters. The topological polar surface area (TPSA) is 58.5 Å². The summed E-state index contributed by atoms with van der Waals surface area (Å²) in [5.74, 6) is 1.88. The molecule has 0 radical (unpaired) electrons. The monoisotopic (exact) mass is 356 g/mol. The number of pyridine rings is 1. The summed E-state index contributed by atoms with van der Waals surface area (Å²) in [5.41, 5.74) is 1.77. The Morgan fingerprint density at radius 1 is 1.27 bits per heavy atom. The molecule has 2 N–H and O–H groups in total. The Hall–Kier alpha value is -2.63. The lowest BCUT2D eigenvalue weighted by atomic mass is 10.1. The highest BCUT2D eigenvalue weighted by Gasteiger charge is 2.22. The second-order valence-electron chi connectivity index (χ2n) is 6.45. The second kappa shape index (κ2) is 9.17. The smallest absolute Gasteiger partial charge is 0.213 e. The molecule has 5 nitrogen and oxygen atoms in total. The first-order valence-electron chi connectivity index (χ1n) is 9.00. The van der Waals surface area contributed by atoms with Crippen LogP contribution in [-0.2, 0) is 13.0 Å². The average molecular weight is 356 g/mol. The van der Waals surface area contributed by atoms with Gasteiger partial charge in [-0.05, 0) is 48.4 Å². The fourth-order valence-corrected chi connectivity index (χ4v) is 2.55. The van der Waals surface area contributed by atoms with Crippen LogP contribution < -0.4 is 15.4 Å². The average Bonchev–Trinajstić information content (AvgIpc) is 3.49. The lowest BCUT2D eigenvalue weighted by molar-refractivity contribution is 0.288. The normalized spacial score (nSPS) is 14.2. The highest BCUT2D eigenvalue weighted by Crippen LogP contribution is 2.29. The van der Waals surface area contributed by atoms with Crippen molar-refractivity contribution in [3.05, 3.63) is 59.5 Å². The Bertz CT molecular complexity index is 746. The standard InChI is InChI=1S/C20H25FN4O/c1-22-20(24-11-9-17-4-2-3-5-18(17)21)25-13-16-8-10-23-19(12-16)26-14-15-6-7-15/h2-5,8,10,12,15H,6-7,9,11,13-14H2,1H3,(H2,22,24,25). The molecular weight excluding hydrogens is 331 g/mol. The fourth-order valence-electron chi connectivity index (χ4n) is 2.55. The summed E-state index contributed by atoms with van der Waals surface area (Å²) in [7, 11) is 1.72. The number of hydrogen-bond donors (Lipinski definition) is 2. The Kier molecular flexibility index (Phi) is 6.41. The summed E-state index contributed by atoms with van der Waals surface area (Å²) in [4.78, 5) is 8.45. The van der Waals surface area contributed by atoms with Gasteiger partial charge in [0.2, 0.25) is 5.88 Å². The van der Waals surface area contributed by atoms with Crippen LogP contribution in [0.1, 0.15) is 24.0 Å². The van der Waals surface area contributed by atoms with E-state index in [-0.39, 0.29) is 5.82 Å². The summed E-state index contributed by atoms with van der Waals surface area (Å²) in [5, 5.41) is 6.46. The Morgan fingerprint density at radius 3 is 2.88 bits per heavy atom. The first kappa shape index (κ1) is 18.2. The lowest BCUT2D eigenvalue weighted by Gasteiger charge is -2.13. The van der Waals surface area contributed by atoms with Crippen molar-refractivity contribution in [1.82, 2.24) is 15.6 Å². The molecule has 26 heavy (non-hydrogen) atoms. The Balaban J connectivity index is 1.43. The fraction of sp³-hybridized carbons (Fsp3) is 0.400. The van der Waals surface area contributed by atoms with Gasteiger partial charge >= 0.3 is 0 Å². The molecule has 0 spiro atoms. The van der Waals surface area contributed by atoms with Gasteiger partial charge in [0, 0.05) is 32.4 Å². The number of aliphatic imine (C=N–C) groups is 1. The van der Waals surface area contributed by atoms with E-state index in [0.717, 1.165) is 12.2 Å². The summed E-state index contributed by atoms with van der Waals surface area (Å²) < 4.78 is 19.3. The summed E-state index contributed by atoms with van der Waals surface area (Å²) >= 11 is 0. The van der Waals surface area contributed by atoms with Gasteiger partial charge in [-0.15, -0.1) is 0 Å². The molecule has 1 saturated carbocycles. The molecule has 1 aliphatic rings. The quantitative estimate of drug-likeness (QED) is 0.564. The number of rotatable bonds is 8. The van der Waals surface area contributed by atoms with Crippen LogP contribution in [0.2, 0.25) is 0 Å². The maximum Gasteiger partial charge on any atom is 0.213 e. The van der Waals surface area contributed by atoms with Gasteiger partial charge in [0.15, 0.2) is 5.96 Å². The van der Waals surface area contributed by atoms with Gasteiger partial charge in [-0.2, -0.15) is 0 Å². The predicted octanol–water partition coefficient (Wildman–Crippen LogP) is 2.92. The minimum atomic E-state index is -0.173. The van der Waals surface area contributed by atoms with Crippen molar-refractivity contribution in [3.63, 3.8) is 0 Å². The lowest BCUT2D eigenvalue weighted by Crippen LogP contribution is -2.37. The van der Waals surface area contributed by atoms with Gasteiger partial charge in [-0.1, -0.05) is 18.2 Å². The van der Waals surface area contributed by atoms with Crippen molar-refractivity contribution < 1.29 is 9.13 Å². The largest absolute Gasteiger partial charge is 0.477 e. The van der Waals surface area contributed by atoms with Crippen LogP contribution in [0.5, 0.6) is 5.88 Å². The van der Waals surface area contributed by atoms with Crippen molar-refractivity contribution in [3.8, 4) is 5.88 Å². The van der Waals surface area contributed by atoms with E-state index in [1.807, 2.05) is 18.2 Å². The number of guanidine groups is 1. The minimum Gasteiger partial charge on any atom is -0.477 e. The van der Waals surface area contributed by atoms with Crippen LogP contribution in [0.3, 0.4) is 0 Å². The minimum absolute atomic E-state index is 0.173. The van der Waals surface area contributed by atoms with E-state index in [1.165, 1.54) is 18.9 Å². The first-order chi connectivity index (χ1) is 12.7. The number of hydrogen-bond acceptors (Lipinski definition) is 3. The van der Waals surface area contributed by atoms with Gasteiger partial charge in [-0.25, -0.2) is 9.37 Å². The zero-order valence-corrected chi connectivity index (χ0v) is 15.0. The van der Waals surface area contributed by atoms with Crippen molar-refractivity contribution >= 4 is 5.96 Å². The number of halogens is 1. The number of benzene rings is 1. The maximum atomic E-state index is 13.6. The predicted molar refractivity (Wildman–Crippen MR) is 101 cm³/mol. The highest BCUT2D eigenvalue weighted by molar-refractivity contribution is 5.79. The van der Waals surface area contributed by atoms with Gasteiger partial charge in [0.1, 0.15) is 5.82 Å². The number of ether oxygens (including phenoxy) is 1. The van der Waals surface area contributed by atoms with E-state index in [9.17, 15) is 4.39 Å². The van der Waals surface area contributed by atoms with E-state index in [4.69, 9.17) is 4.74 Å². The van der Waals surface area contributed by atoms with Crippen LogP contribution in [-0.4, -0.2) is 31.1 Å². The van der Waals surface area contributed by atoms with Gasteiger partial charge < -0.3 is 15.4 Å². The van der Waals surface area contributed by atoms with Crippen molar-refractivity contribution in [2.24, 2.45) is 10.9 Å². The van der Waals surface area contributed by atoms with E-state index in [0.29, 0.717) is 42.8 Å². The summed E-state index contributed by atoms with van der Waals surface area (Å²) in [6.45, 7) is 1.97. The maximum absolute atomic E-state index is 13.6.